The first-order valence-corrected chi connectivity index (χ1v) is 4.12. The van der Waals surface area contributed by atoms with E-state index in [1.54, 1.807) is 31.3 Å². The third-order valence-electron chi connectivity index (χ3n) is 1.65. The molecule has 0 aromatic heterocycles. The summed E-state index contributed by atoms with van der Waals surface area (Å²) in [6.45, 7) is 1.19. The summed E-state index contributed by atoms with van der Waals surface area (Å²) in [7, 11) is 1.54. The quantitative estimate of drug-likeness (QED) is 0.504. The molecular weight excluding hydrogens is 182 g/mol. The van der Waals surface area contributed by atoms with Crippen molar-refractivity contribution in [1.29, 1.82) is 0 Å². The topological polar surface area (TPSA) is 46.6 Å². The van der Waals surface area contributed by atoms with Gasteiger partial charge in [-0.15, -0.1) is 0 Å². The second-order valence-electron chi connectivity index (χ2n) is 2.75. The number of nitrogens with zero attached hydrogens (tertiary/aromatic N) is 1. The number of amides is 1. The molecule has 0 aliphatic rings. The van der Waals surface area contributed by atoms with Crippen LogP contribution in [0.15, 0.2) is 30.3 Å². The first-order chi connectivity index (χ1) is 6.61. The van der Waals surface area contributed by atoms with E-state index in [0.717, 1.165) is 0 Å². The lowest BCUT2D eigenvalue weighted by Crippen LogP contribution is -2.28. The van der Waals surface area contributed by atoms with E-state index < -0.39 is 12.1 Å². The van der Waals surface area contributed by atoms with Gasteiger partial charge in [0.15, 0.2) is 0 Å². The molecule has 1 aromatic carbocycles. The molecule has 0 saturated heterocycles. The Labute approximate surface area is 82.1 Å². The monoisotopic (exact) mass is 193 g/mol. The SMILES string of the molecule is CC(=O)OC(=O)N(C)c1ccccc1. The largest absolute Gasteiger partial charge is 0.421 e. The molecule has 0 aliphatic heterocycles. The third kappa shape index (κ3) is 2.58. The summed E-state index contributed by atoms with van der Waals surface area (Å²) in [6.07, 6.45) is -0.677. The van der Waals surface area contributed by atoms with E-state index >= 15 is 0 Å². The van der Waals surface area contributed by atoms with Crippen molar-refractivity contribution in [3.05, 3.63) is 30.3 Å². The number of benzene rings is 1. The van der Waals surface area contributed by atoms with Gasteiger partial charge in [0.25, 0.3) is 0 Å². The molecule has 1 aromatic rings. The van der Waals surface area contributed by atoms with Crippen LogP contribution in [0.1, 0.15) is 6.92 Å². The number of anilines is 1. The molecule has 0 fully saturated rings. The molecule has 1 amide bonds. The van der Waals surface area contributed by atoms with E-state index in [1.807, 2.05) is 6.07 Å². The van der Waals surface area contributed by atoms with Crippen LogP contribution >= 0.6 is 0 Å². The van der Waals surface area contributed by atoms with Gasteiger partial charge in [-0.05, 0) is 12.1 Å². The summed E-state index contributed by atoms with van der Waals surface area (Å²) in [6, 6.07) is 8.94. The average Bonchev–Trinajstić information content (AvgIpc) is 2.17. The van der Waals surface area contributed by atoms with Gasteiger partial charge >= 0.3 is 12.1 Å². The fourth-order valence-electron chi connectivity index (χ4n) is 0.948. The number of ether oxygens (including phenoxy) is 1. The zero-order valence-electron chi connectivity index (χ0n) is 8.06. The van der Waals surface area contributed by atoms with Crippen molar-refractivity contribution < 1.29 is 14.3 Å². The zero-order chi connectivity index (χ0) is 10.6. The second kappa shape index (κ2) is 4.41. The molecule has 0 unspecified atom stereocenters. The Morgan fingerprint density at radius 3 is 2.29 bits per heavy atom. The minimum Gasteiger partial charge on any atom is -0.376 e. The summed E-state index contributed by atoms with van der Waals surface area (Å²) < 4.78 is 4.41. The molecular formula is C10H11NO3. The lowest BCUT2D eigenvalue weighted by Gasteiger charge is -2.14. The fraction of sp³-hybridized carbons (Fsp3) is 0.200. The van der Waals surface area contributed by atoms with Crippen molar-refractivity contribution in [3.63, 3.8) is 0 Å². The van der Waals surface area contributed by atoms with Gasteiger partial charge in [-0.2, -0.15) is 0 Å². The van der Waals surface area contributed by atoms with Gasteiger partial charge in [0, 0.05) is 19.7 Å². The van der Waals surface area contributed by atoms with Crippen LogP contribution in [0.2, 0.25) is 0 Å². The highest BCUT2D eigenvalue weighted by molar-refractivity contribution is 5.93. The minimum atomic E-state index is -0.677. The first-order valence-electron chi connectivity index (χ1n) is 4.12. The van der Waals surface area contributed by atoms with E-state index in [2.05, 4.69) is 4.74 Å². The van der Waals surface area contributed by atoms with Gasteiger partial charge in [0.2, 0.25) is 0 Å². The van der Waals surface area contributed by atoms with E-state index in [-0.39, 0.29) is 0 Å². The van der Waals surface area contributed by atoms with Crippen molar-refractivity contribution >= 4 is 17.7 Å². The van der Waals surface area contributed by atoms with Gasteiger partial charge in [-0.3, -0.25) is 9.69 Å². The molecule has 0 atom stereocenters. The van der Waals surface area contributed by atoms with E-state index in [0.29, 0.717) is 5.69 Å². The van der Waals surface area contributed by atoms with E-state index in [9.17, 15) is 9.59 Å². The Hall–Kier alpha value is -1.84. The van der Waals surface area contributed by atoms with Gasteiger partial charge in [0.1, 0.15) is 0 Å². The molecule has 0 bridgehead atoms. The van der Waals surface area contributed by atoms with Crippen LogP contribution < -0.4 is 4.90 Å². The molecule has 74 valence electrons. The number of esters is 1. The summed E-state index contributed by atoms with van der Waals surface area (Å²) in [5.74, 6) is -0.613. The highest BCUT2D eigenvalue weighted by atomic mass is 16.6. The van der Waals surface area contributed by atoms with Crippen molar-refractivity contribution in [2.75, 3.05) is 11.9 Å². The van der Waals surface area contributed by atoms with Gasteiger partial charge in [-0.25, -0.2) is 4.79 Å². The first kappa shape index (κ1) is 10.2. The van der Waals surface area contributed by atoms with Crippen LogP contribution in [0.4, 0.5) is 10.5 Å². The number of carbonyl (C=O) groups excluding carboxylic acids is 2. The van der Waals surface area contributed by atoms with Gasteiger partial charge < -0.3 is 4.74 Å². The molecule has 0 spiro atoms. The number of hydrogen-bond acceptors (Lipinski definition) is 3. The smallest absolute Gasteiger partial charge is 0.376 e. The van der Waals surface area contributed by atoms with Crippen molar-refractivity contribution in [2.45, 2.75) is 6.92 Å². The third-order valence-corrected chi connectivity index (χ3v) is 1.65. The number of para-hydroxylation sites is 1. The fourth-order valence-corrected chi connectivity index (χ4v) is 0.948. The molecule has 14 heavy (non-hydrogen) atoms. The molecule has 4 heteroatoms. The summed E-state index contributed by atoms with van der Waals surface area (Å²) in [5, 5.41) is 0. The maximum atomic E-state index is 11.2. The van der Waals surface area contributed by atoms with Gasteiger partial charge in [0.05, 0.1) is 0 Å². The molecule has 0 aliphatic carbocycles. The maximum Gasteiger partial charge on any atom is 0.421 e. The van der Waals surface area contributed by atoms with Crippen LogP contribution in [0, 0.1) is 0 Å². The lowest BCUT2D eigenvalue weighted by molar-refractivity contribution is -0.134. The van der Waals surface area contributed by atoms with Crippen LogP contribution in [-0.4, -0.2) is 19.1 Å². The second-order valence-corrected chi connectivity index (χ2v) is 2.75. The van der Waals surface area contributed by atoms with Crippen LogP contribution in [0.5, 0.6) is 0 Å². The Bertz CT molecular complexity index is 334. The average molecular weight is 193 g/mol. The summed E-state index contributed by atoms with van der Waals surface area (Å²) >= 11 is 0. The van der Waals surface area contributed by atoms with E-state index in [4.69, 9.17) is 0 Å². The highest BCUT2D eigenvalue weighted by Gasteiger charge is 2.13. The Morgan fingerprint density at radius 2 is 1.79 bits per heavy atom. The van der Waals surface area contributed by atoms with E-state index in [1.165, 1.54) is 11.8 Å². The summed E-state index contributed by atoms with van der Waals surface area (Å²) in [4.78, 5) is 23.0. The molecule has 1 rings (SSSR count). The predicted molar refractivity (Wildman–Crippen MR) is 52.0 cm³/mol. The molecule has 0 heterocycles. The lowest BCUT2D eigenvalue weighted by atomic mass is 10.3. The standard InChI is InChI=1S/C10H11NO3/c1-8(12)14-10(13)11(2)9-6-4-3-5-7-9/h3-7H,1-2H3. The number of carbonyl (C=O) groups is 2. The Morgan fingerprint density at radius 1 is 1.21 bits per heavy atom. The molecule has 0 saturated carbocycles. The van der Waals surface area contributed by atoms with Crippen molar-refractivity contribution in [1.82, 2.24) is 0 Å². The zero-order valence-corrected chi connectivity index (χ0v) is 8.06. The Kier molecular flexibility index (Phi) is 3.23. The minimum absolute atomic E-state index is 0.613. The normalized spacial score (nSPS) is 9.29. The van der Waals surface area contributed by atoms with Crippen molar-refractivity contribution in [2.24, 2.45) is 0 Å². The Balaban J connectivity index is 2.71. The number of hydrogen-bond donors (Lipinski definition) is 0. The van der Waals surface area contributed by atoms with Gasteiger partial charge in [-0.1, -0.05) is 18.2 Å². The summed E-state index contributed by atoms with van der Waals surface area (Å²) in [5.41, 5.74) is 0.679. The maximum absolute atomic E-state index is 11.2. The van der Waals surface area contributed by atoms with Crippen LogP contribution in [-0.2, 0) is 9.53 Å². The number of rotatable bonds is 1. The predicted octanol–water partition coefficient (Wildman–Crippen LogP) is 1.81. The molecule has 0 radical (unpaired) electrons. The van der Waals surface area contributed by atoms with Crippen LogP contribution in [0.3, 0.4) is 0 Å². The van der Waals surface area contributed by atoms with Crippen LogP contribution in [0.25, 0.3) is 0 Å². The molecule has 0 N–H and O–H groups in total. The molecule has 4 nitrogen and oxygen atoms in total. The van der Waals surface area contributed by atoms with Crippen molar-refractivity contribution in [3.8, 4) is 0 Å². The highest BCUT2D eigenvalue weighted by Crippen LogP contribution is 2.11.